The van der Waals surface area contributed by atoms with Gasteiger partial charge in [-0.3, -0.25) is 4.79 Å². The minimum absolute atomic E-state index is 0.104. The summed E-state index contributed by atoms with van der Waals surface area (Å²) in [7, 11) is 1.66. The van der Waals surface area contributed by atoms with Crippen LogP contribution in [0.3, 0.4) is 0 Å². The van der Waals surface area contributed by atoms with E-state index in [1.807, 2.05) is 0 Å². The Hall–Kier alpha value is -0.610. The van der Waals surface area contributed by atoms with E-state index in [0.29, 0.717) is 12.3 Å². The van der Waals surface area contributed by atoms with E-state index in [1.54, 1.807) is 7.05 Å². The summed E-state index contributed by atoms with van der Waals surface area (Å²) in [6.07, 6.45) is 1.47. The number of nitrogens with one attached hydrogen (secondary N) is 2. The van der Waals surface area contributed by atoms with Crippen molar-refractivity contribution in [1.29, 1.82) is 0 Å². The lowest BCUT2D eigenvalue weighted by Crippen LogP contribution is -2.24. The zero-order chi connectivity index (χ0) is 11.5. The fourth-order valence-electron chi connectivity index (χ4n) is 1.09. The number of amides is 1. The molecule has 15 heavy (non-hydrogen) atoms. The largest absolute Gasteiger partial charge is 0.380 e. The van der Waals surface area contributed by atoms with Crippen molar-refractivity contribution in [3.05, 3.63) is 0 Å². The normalized spacial score (nSPS) is 10.7. The summed E-state index contributed by atoms with van der Waals surface area (Å²) >= 11 is 0. The number of hydrogen-bond donors (Lipinski definition) is 2. The quantitative estimate of drug-likeness (QED) is 0.560. The van der Waals surface area contributed by atoms with Gasteiger partial charge in [0.05, 0.1) is 6.61 Å². The lowest BCUT2D eigenvalue weighted by Gasteiger charge is -2.07. The van der Waals surface area contributed by atoms with E-state index in [4.69, 9.17) is 4.74 Å². The van der Waals surface area contributed by atoms with E-state index >= 15 is 0 Å². The van der Waals surface area contributed by atoms with Crippen LogP contribution in [0.4, 0.5) is 0 Å². The predicted molar refractivity (Wildman–Crippen MR) is 61.8 cm³/mol. The molecule has 0 aliphatic rings. The maximum atomic E-state index is 10.9. The summed E-state index contributed by atoms with van der Waals surface area (Å²) in [5, 5.41) is 5.83. The molecular weight excluding hydrogens is 192 g/mol. The number of rotatable bonds is 9. The van der Waals surface area contributed by atoms with Crippen LogP contribution in [-0.4, -0.2) is 39.3 Å². The van der Waals surface area contributed by atoms with E-state index in [9.17, 15) is 4.79 Å². The van der Waals surface area contributed by atoms with E-state index < -0.39 is 0 Å². The molecular formula is C11H24N2O2. The maximum absolute atomic E-state index is 10.9. The molecule has 0 aliphatic heterocycles. The van der Waals surface area contributed by atoms with E-state index in [-0.39, 0.29) is 5.91 Å². The number of ether oxygens (including phenoxy) is 1. The fourth-order valence-corrected chi connectivity index (χ4v) is 1.09. The second-order valence-corrected chi connectivity index (χ2v) is 4.00. The molecule has 0 aromatic heterocycles. The van der Waals surface area contributed by atoms with Gasteiger partial charge in [0.1, 0.15) is 0 Å². The first-order valence-corrected chi connectivity index (χ1v) is 5.66. The Morgan fingerprint density at radius 1 is 1.33 bits per heavy atom. The van der Waals surface area contributed by atoms with Gasteiger partial charge in [-0.05, 0) is 18.9 Å². The van der Waals surface area contributed by atoms with Crippen LogP contribution in [0.1, 0.15) is 26.7 Å². The van der Waals surface area contributed by atoms with E-state index in [1.165, 1.54) is 0 Å². The molecule has 0 rings (SSSR count). The van der Waals surface area contributed by atoms with E-state index in [0.717, 1.165) is 32.7 Å². The van der Waals surface area contributed by atoms with Crippen molar-refractivity contribution in [2.75, 3.05) is 33.4 Å². The third-order valence-electron chi connectivity index (χ3n) is 1.91. The molecule has 0 aliphatic carbocycles. The first-order chi connectivity index (χ1) is 7.16. The van der Waals surface area contributed by atoms with Crippen LogP contribution in [0, 0.1) is 5.92 Å². The van der Waals surface area contributed by atoms with Gasteiger partial charge >= 0.3 is 0 Å². The average molecular weight is 216 g/mol. The summed E-state index contributed by atoms with van der Waals surface area (Å²) in [6, 6.07) is 0. The van der Waals surface area contributed by atoms with E-state index in [2.05, 4.69) is 24.5 Å². The highest BCUT2D eigenvalue weighted by Gasteiger charge is 1.96. The lowest BCUT2D eigenvalue weighted by atomic mass is 10.2. The van der Waals surface area contributed by atoms with Gasteiger partial charge in [0.15, 0.2) is 0 Å². The molecule has 0 fully saturated rings. The summed E-state index contributed by atoms with van der Waals surface area (Å²) in [5.41, 5.74) is 0. The number of carbonyl (C=O) groups excluding carboxylic acids is 1. The van der Waals surface area contributed by atoms with Gasteiger partial charge in [0, 0.05) is 26.6 Å². The minimum Gasteiger partial charge on any atom is -0.380 e. The van der Waals surface area contributed by atoms with Crippen LogP contribution < -0.4 is 10.6 Å². The van der Waals surface area contributed by atoms with Crippen LogP contribution in [-0.2, 0) is 9.53 Å². The highest BCUT2D eigenvalue weighted by Crippen LogP contribution is 1.91. The highest BCUT2D eigenvalue weighted by molar-refractivity contribution is 5.75. The molecule has 0 aromatic carbocycles. The topological polar surface area (TPSA) is 50.4 Å². The van der Waals surface area contributed by atoms with Crippen molar-refractivity contribution in [3.8, 4) is 0 Å². The molecule has 0 bridgehead atoms. The number of hydrogen-bond acceptors (Lipinski definition) is 3. The summed E-state index contributed by atoms with van der Waals surface area (Å²) in [6.45, 7) is 7.57. The van der Waals surface area contributed by atoms with Crippen LogP contribution >= 0.6 is 0 Å². The highest BCUT2D eigenvalue weighted by atomic mass is 16.5. The van der Waals surface area contributed by atoms with Crippen LogP contribution in [0.2, 0.25) is 0 Å². The second-order valence-electron chi connectivity index (χ2n) is 4.00. The summed E-state index contributed by atoms with van der Waals surface area (Å²) < 4.78 is 5.40. The molecule has 0 spiro atoms. The van der Waals surface area contributed by atoms with Crippen LogP contribution in [0.5, 0.6) is 0 Å². The summed E-state index contributed by atoms with van der Waals surface area (Å²) in [4.78, 5) is 10.9. The first-order valence-electron chi connectivity index (χ1n) is 5.66. The van der Waals surface area contributed by atoms with Crippen LogP contribution in [0.15, 0.2) is 0 Å². The standard InChI is InChI=1S/C11H24N2O2/c1-10(2)9-15-8-7-13-6-4-5-11(14)12-3/h10,13H,4-9H2,1-3H3,(H,12,14). The second kappa shape index (κ2) is 9.93. The van der Waals surface area contributed by atoms with Crippen molar-refractivity contribution in [1.82, 2.24) is 10.6 Å². The zero-order valence-corrected chi connectivity index (χ0v) is 10.1. The van der Waals surface area contributed by atoms with Crippen molar-refractivity contribution >= 4 is 5.91 Å². The Balaban J connectivity index is 3.02. The fraction of sp³-hybridized carbons (Fsp3) is 0.909. The molecule has 0 saturated carbocycles. The molecule has 0 unspecified atom stereocenters. The van der Waals surface area contributed by atoms with Gasteiger partial charge in [0.25, 0.3) is 0 Å². The molecule has 2 N–H and O–H groups in total. The maximum Gasteiger partial charge on any atom is 0.219 e. The van der Waals surface area contributed by atoms with Crippen molar-refractivity contribution < 1.29 is 9.53 Å². The Morgan fingerprint density at radius 2 is 2.07 bits per heavy atom. The molecule has 0 radical (unpaired) electrons. The Kier molecular flexibility index (Phi) is 9.52. The Morgan fingerprint density at radius 3 is 2.67 bits per heavy atom. The molecule has 90 valence electrons. The molecule has 1 amide bonds. The number of carbonyl (C=O) groups is 1. The van der Waals surface area contributed by atoms with Gasteiger partial charge in [-0.1, -0.05) is 13.8 Å². The third kappa shape index (κ3) is 11.3. The predicted octanol–water partition coefficient (Wildman–Crippen LogP) is 0.775. The molecule has 4 nitrogen and oxygen atoms in total. The average Bonchev–Trinajstić information content (AvgIpc) is 2.21. The van der Waals surface area contributed by atoms with Crippen molar-refractivity contribution in [3.63, 3.8) is 0 Å². The van der Waals surface area contributed by atoms with Gasteiger partial charge < -0.3 is 15.4 Å². The monoisotopic (exact) mass is 216 g/mol. The van der Waals surface area contributed by atoms with Crippen LogP contribution in [0.25, 0.3) is 0 Å². The molecule has 0 aromatic rings. The first kappa shape index (κ1) is 14.4. The molecule has 0 atom stereocenters. The Labute approximate surface area is 92.8 Å². The van der Waals surface area contributed by atoms with Crippen molar-refractivity contribution in [2.45, 2.75) is 26.7 Å². The SMILES string of the molecule is CNC(=O)CCCNCCOCC(C)C. The van der Waals surface area contributed by atoms with Gasteiger partial charge in [-0.15, -0.1) is 0 Å². The van der Waals surface area contributed by atoms with Gasteiger partial charge in [-0.2, -0.15) is 0 Å². The lowest BCUT2D eigenvalue weighted by molar-refractivity contribution is -0.120. The Bertz CT molecular complexity index is 161. The molecule has 0 heterocycles. The molecule has 0 saturated heterocycles. The van der Waals surface area contributed by atoms with Crippen molar-refractivity contribution in [2.24, 2.45) is 5.92 Å². The van der Waals surface area contributed by atoms with Gasteiger partial charge in [-0.25, -0.2) is 0 Å². The molecule has 4 heteroatoms. The smallest absolute Gasteiger partial charge is 0.219 e. The summed E-state index contributed by atoms with van der Waals surface area (Å²) in [5.74, 6) is 0.700. The zero-order valence-electron chi connectivity index (χ0n) is 10.1. The van der Waals surface area contributed by atoms with Gasteiger partial charge in [0.2, 0.25) is 5.91 Å². The minimum atomic E-state index is 0.104. The third-order valence-corrected chi connectivity index (χ3v) is 1.91.